The van der Waals surface area contributed by atoms with Crippen molar-refractivity contribution in [1.29, 1.82) is 0 Å². The van der Waals surface area contributed by atoms with Crippen molar-refractivity contribution in [3.8, 4) is 34.3 Å². The molecule has 11 heteroatoms. The van der Waals surface area contributed by atoms with Gasteiger partial charge in [-0.1, -0.05) is 48.0 Å². The lowest BCUT2D eigenvalue weighted by molar-refractivity contribution is 0.0710. The van der Waals surface area contributed by atoms with Gasteiger partial charge in [0.05, 0.1) is 27.4 Å². The zero-order valence-electron chi connectivity index (χ0n) is 29.6. The second-order valence-electron chi connectivity index (χ2n) is 13.6. The molecule has 2 aliphatic heterocycles. The Labute approximate surface area is 316 Å². The summed E-state index contributed by atoms with van der Waals surface area (Å²) in [5.41, 5.74) is 15.9. The van der Waals surface area contributed by atoms with Gasteiger partial charge in [-0.2, -0.15) is 0 Å². The largest absolute Gasteiger partial charge is 0.436 e. The van der Waals surface area contributed by atoms with E-state index >= 15 is 0 Å². The molecule has 0 bridgehead atoms. The number of halogens is 1. The highest BCUT2D eigenvalue weighted by Gasteiger charge is 2.24. The minimum Gasteiger partial charge on any atom is -0.436 e. The molecule has 10 rings (SSSR count). The van der Waals surface area contributed by atoms with Crippen LogP contribution < -0.4 is 11.1 Å². The van der Waals surface area contributed by atoms with E-state index in [1.807, 2.05) is 91.0 Å². The Hall–Kier alpha value is -5.68. The Kier molecular flexibility index (Phi) is 9.46. The number of ether oxygens (including phenoxy) is 2. The van der Waals surface area contributed by atoms with Crippen molar-refractivity contribution in [1.82, 2.24) is 19.5 Å². The topological polar surface area (TPSA) is 126 Å². The third kappa shape index (κ3) is 6.91. The zero-order chi connectivity index (χ0) is 36.4. The predicted molar refractivity (Wildman–Crippen MR) is 214 cm³/mol. The smallest absolute Gasteiger partial charge is 0.227 e. The van der Waals surface area contributed by atoms with Crippen LogP contribution in [0.4, 0.5) is 11.4 Å². The van der Waals surface area contributed by atoms with E-state index in [-0.39, 0.29) is 0 Å². The molecule has 54 heavy (non-hydrogen) atoms. The number of nitrogens with two attached hydrogens (primary N) is 1. The molecule has 10 nitrogen and oxygen atoms in total. The molecule has 272 valence electrons. The van der Waals surface area contributed by atoms with Crippen LogP contribution in [-0.4, -0.2) is 52.0 Å². The van der Waals surface area contributed by atoms with Crippen molar-refractivity contribution in [2.24, 2.45) is 0 Å². The maximum absolute atomic E-state index is 6.57. The van der Waals surface area contributed by atoms with Crippen LogP contribution >= 0.6 is 11.6 Å². The number of hydrogen-bond donors (Lipinski definition) is 2. The van der Waals surface area contributed by atoms with Gasteiger partial charge >= 0.3 is 0 Å². The predicted octanol–water partition coefficient (Wildman–Crippen LogP) is 10.2. The molecule has 2 saturated heterocycles. The lowest BCUT2D eigenvalue weighted by atomic mass is 10.1. The molecular formula is C43H39ClN6O4. The Bertz CT molecular complexity index is 2500. The van der Waals surface area contributed by atoms with Gasteiger partial charge in [0.1, 0.15) is 16.9 Å². The number of oxazole rings is 2. The molecule has 5 heterocycles. The highest BCUT2D eigenvalue weighted by atomic mass is 35.5. The molecular weight excluding hydrogens is 700 g/mol. The number of nitrogen functional groups attached to an aromatic ring is 1. The second-order valence-corrected chi connectivity index (χ2v) is 14.0. The first-order valence-electron chi connectivity index (χ1n) is 18.4. The minimum absolute atomic E-state index is 0.320. The van der Waals surface area contributed by atoms with Crippen molar-refractivity contribution >= 4 is 56.2 Å². The van der Waals surface area contributed by atoms with E-state index in [9.17, 15) is 0 Å². The van der Waals surface area contributed by atoms with Crippen LogP contribution in [0.5, 0.6) is 0 Å². The first kappa shape index (κ1) is 34.1. The number of rotatable bonds is 6. The molecule has 0 amide bonds. The number of benzene rings is 5. The Morgan fingerprint density at radius 1 is 0.630 bits per heavy atom. The summed E-state index contributed by atoms with van der Waals surface area (Å²) in [7, 11) is 0. The second kappa shape index (κ2) is 15.0. The summed E-state index contributed by atoms with van der Waals surface area (Å²) < 4.78 is 25.1. The van der Waals surface area contributed by atoms with E-state index in [4.69, 9.17) is 40.6 Å². The maximum Gasteiger partial charge on any atom is 0.227 e. The first-order valence-corrected chi connectivity index (χ1v) is 18.8. The molecule has 3 N–H and O–H groups in total. The SMILES string of the molecule is Clc1ccccc1-c1nc2cc(-c3nc4ccccc4o3)ccc2n1C1CCOCC1.Nc1cc(-c2nc3ccccc3o2)ccc1NC1CCOCC1. The number of anilines is 2. The molecule has 0 unspecified atom stereocenters. The number of imidazole rings is 1. The van der Waals surface area contributed by atoms with Crippen LogP contribution in [0.15, 0.2) is 118 Å². The summed E-state index contributed by atoms with van der Waals surface area (Å²) in [5, 5.41) is 4.20. The van der Waals surface area contributed by atoms with Crippen LogP contribution in [0, 0.1) is 0 Å². The fraction of sp³-hybridized carbons (Fsp3) is 0.233. The van der Waals surface area contributed by atoms with Gasteiger partial charge in [0, 0.05) is 55.2 Å². The summed E-state index contributed by atoms with van der Waals surface area (Å²) in [6.07, 6.45) is 3.92. The maximum atomic E-state index is 6.57. The zero-order valence-corrected chi connectivity index (χ0v) is 30.3. The first-order chi connectivity index (χ1) is 26.6. The number of hydrogen-bond acceptors (Lipinski definition) is 9. The molecule has 0 spiro atoms. The third-order valence-corrected chi connectivity index (χ3v) is 10.4. The molecule has 2 aliphatic rings. The lowest BCUT2D eigenvalue weighted by Crippen LogP contribution is -2.28. The summed E-state index contributed by atoms with van der Waals surface area (Å²) in [5.74, 6) is 2.08. The monoisotopic (exact) mass is 738 g/mol. The Morgan fingerprint density at radius 2 is 1.22 bits per heavy atom. The van der Waals surface area contributed by atoms with Crippen LogP contribution in [-0.2, 0) is 9.47 Å². The van der Waals surface area contributed by atoms with Crippen molar-refractivity contribution in [3.63, 3.8) is 0 Å². The van der Waals surface area contributed by atoms with Crippen LogP contribution in [0.25, 0.3) is 67.5 Å². The number of nitrogens with one attached hydrogen (secondary N) is 1. The Morgan fingerprint density at radius 3 is 1.87 bits per heavy atom. The summed E-state index contributed by atoms with van der Waals surface area (Å²) >= 11 is 6.57. The van der Waals surface area contributed by atoms with E-state index in [0.717, 1.165) is 114 Å². The fourth-order valence-corrected chi connectivity index (χ4v) is 7.48. The molecule has 5 aromatic carbocycles. The van der Waals surface area contributed by atoms with Gasteiger partial charge in [-0.3, -0.25) is 0 Å². The van der Waals surface area contributed by atoms with Gasteiger partial charge in [-0.25, -0.2) is 15.0 Å². The molecule has 8 aromatic rings. The molecule has 2 fully saturated rings. The fourth-order valence-electron chi connectivity index (χ4n) is 7.26. The van der Waals surface area contributed by atoms with E-state index < -0.39 is 0 Å². The molecule has 0 atom stereocenters. The van der Waals surface area contributed by atoms with Crippen LogP contribution in [0.2, 0.25) is 5.02 Å². The number of para-hydroxylation sites is 4. The van der Waals surface area contributed by atoms with Crippen molar-refractivity contribution in [2.45, 2.75) is 37.8 Å². The van der Waals surface area contributed by atoms with Gasteiger partial charge in [0.2, 0.25) is 11.8 Å². The van der Waals surface area contributed by atoms with Crippen LogP contribution in [0.1, 0.15) is 31.7 Å². The Balaban J connectivity index is 0.000000149. The van der Waals surface area contributed by atoms with Gasteiger partial charge in [0.25, 0.3) is 0 Å². The van der Waals surface area contributed by atoms with Gasteiger partial charge in [0.15, 0.2) is 11.2 Å². The minimum atomic E-state index is 0.320. The summed E-state index contributed by atoms with van der Waals surface area (Å²) in [6, 6.07) is 36.3. The van der Waals surface area contributed by atoms with E-state index in [1.165, 1.54) is 0 Å². The lowest BCUT2D eigenvalue weighted by Gasteiger charge is -2.26. The third-order valence-electron chi connectivity index (χ3n) is 10.1. The van der Waals surface area contributed by atoms with Crippen LogP contribution in [0.3, 0.4) is 0 Å². The number of fused-ring (bicyclic) bond motifs is 3. The molecule has 3 aromatic heterocycles. The highest BCUT2D eigenvalue weighted by Crippen LogP contribution is 2.37. The van der Waals surface area contributed by atoms with Gasteiger partial charge in [-0.05, 0) is 98.5 Å². The quantitative estimate of drug-likeness (QED) is 0.160. The average molecular weight is 739 g/mol. The standard InChI is InChI=1S/C25H20ClN3O2.C18H19N3O2/c26-19-6-2-1-5-18(19)24-27-21-15-16(25-28-20-7-3-4-8-23(20)31-25)9-10-22(21)29(24)17-11-13-30-14-12-17;19-14-11-12(18-21-16-3-1-2-4-17(16)23-18)5-6-15(14)20-13-7-9-22-10-8-13/h1-10,15,17H,11-14H2;1-6,11,13,20H,7-10,19H2. The van der Waals surface area contributed by atoms with Crippen molar-refractivity contribution < 1.29 is 18.3 Å². The molecule has 0 aliphatic carbocycles. The number of nitrogens with zero attached hydrogens (tertiary/aromatic N) is 4. The van der Waals surface area contributed by atoms with E-state index in [0.29, 0.717) is 34.6 Å². The van der Waals surface area contributed by atoms with Gasteiger partial charge < -0.3 is 33.9 Å². The summed E-state index contributed by atoms with van der Waals surface area (Å²) in [6.45, 7) is 3.12. The molecule has 0 radical (unpaired) electrons. The van der Waals surface area contributed by atoms with Crippen molar-refractivity contribution in [2.75, 3.05) is 37.5 Å². The average Bonchev–Trinajstić information content (AvgIpc) is 3.95. The number of aromatic nitrogens is 4. The normalized spacial score (nSPS) is 15.4. The van der Waals surface area contributed by atoms with E-state index in [1.54, 1.807) is 0 Å². The highest BCUT2D eigenvalue weighted by molar-refractivity contribution is 6.33. The molecule has 0 saturated carbocycles. The van der Waals surface area contributed by atoms with Gasteiger partial charge in [-0.15, -0.1) is 0 Å². The summed E-state index contributed by atoms with van der Waals surface area (Å²) in [4.78, 5) is 14.2. The van der Waals surface area contributed by atoms with Crippen molar-refractivity contribution in [3.05, 3.63) is 114 Å². The van der Waals surface area contributed by atoms with E-state index in [2.05, 4.69) is 38.1 Å².